The van der Waals surface area contributed by atoms with Crippen LogP contribution in [0, 0.1) is 0 Å². The lowest BCUT2D eigenvalue weighted by Crippen LogP contribution is -2.41. The van der Waals surface area contributed by atoms with Gasteiger partial charge in [-0.2, -0.15) is 0 Å². The molecule has 0 aromatic carbocycles. The summed E-state index contributed by atoms with van der Waals surface area (Å²) < 4.78 is 10.7. The van der Waals surface area contributed by atoms with E-state index in [0.717, 1.165) is 0 Å². The number of rotatable bonds is 3. The Morgan fingerprint density at radius 1 is 1.20 bits per heavy atom. The maximum atomic E-state index is 12.0. The molecule has 0 atom stereocenters. The van der Waals surface area contributed by atoms with Crippen LogP contribution in [0.25, 0.3) is 0 Å². The summed E-state index contributed by atoms with van der Waals surface area (Å²) in [4.78, 5) is 21.6. The number of piperidine rings is 1. The summed E-state index contributed by atoms with van der Waals surface area (Å²) in [5.41, 5.74) is 0. The molecule has 1 saturated heterocycles. The third-order valence-electron chi connectivity index (χ3n) is 3.61. The highest BCUT2D eigenvalue weighted by molar-refractivity contribution is 6.35. The van der Waals surface area contributed by atoms with Gasteiger partial charge >= 0.3 is 6.09 Å². The second kappa shape index (κ2) is 7.86. The lowest BCUT2D eigenvalue weighted by atomic mass is 10.1. The molecule has 7 nitrogen and oxygen atoms in total. The highest BCUT2D eigenvalue weighted by Crippen LogP contribution is 2.29. The lowest BCUT2D eigenvalue weighted by molar-refractivity contribution is 0.0792. The van der Waals surface area contributed by atoms with E-state index < -0.39 is 6.09 Å². The molecule has 0 aliphatic carbocycles. The van der Waals surface area contributed by atoms with Crippen LogP contribution in [-0.2, 0) is 0 Å². The number of carbonyl (C=O) groups excluding carboxylic acids is 1. The van der Waals surface area contributed by atoms with Crippen LogP contribution in [0.3, 0.4) is 0 Å². The SMILES string of the molecule is O=C(Oc1ccc(Oc2ncc(Cl)cc2Cl)cn1)N1CCC(O)CC1. The van der Waals surface area contributed by atoms with Gasteiger partial charge in [0.1, 0.15) is 10.8 Å². The Kier molecular flexibility index (Phi) is 5.57. The molecule has 0 radical (unpaired) electrons. The van der Waals surface area contributed by atoms with E-state index in [9.17, 15) is 9.90 Å². The summed E-state index contributed by atoms with van der Waals surface area (Å²) in [7, 11) is 0. The number of hydrogen-bond acceptors (Lipinski definition) is 6. The summed E-state index contributed by atoms with van der Waals surface area (Å²) in [5.74, 6) is 0.737. The topological polar surface area (TPSA) is 84.8 Å². The largest absolute Gasteiger partial charge is 0.436 e. The summed E-state index contributed by atoms with van der Waals surface area (Å²) in [5, 5.41) is 10.1. The first-order chi connectivity index (χ1) is 12.0. The van der Waals surface area contributed by atoms with E-state index >= 15 is 0 Å². The molecule has 0 saturated carbocycles. The smallest absolute Gasteiger partial charge is 0.416 e. The van der Waals surface area contributed by atoms with Crippen molar-refractivity contribution in [2.75, 3.05) is 13.1 Å². The summed E-state index contributed by atoms with van der Waals surface area (Å²) >= 11 is 11.8. The number of amides is 1. The van der Waals surface area contributed by atoms with Gasteiger partial charge in [0, 0.05) is 25.4 Å². The molecule has 25 heavy (non-hydrogen) atoms. The minimum absolute atomic E-state index is 0.152. The standard InChI is InChI=1S/C16H15Cl2N3O4/c17-10-7-13(18)15(20-8-10)24-12-1-2-14(19-9-12)25-16(23)21-5-3-11(22)4-6-21/h1-2,7-9,11,22H,3-6H2. The third-order valence-corrected chi connectivity index (χ3v) is 4.09. The Morgan fingerprint density at radius 3 is 2.60 bits per heavy atom. The van der Waals surface area contributed by atoms with E-state index in [-0.39, 0.29) is 22.9 Å². The zero-order valence-electron chi connectivity index (χ0n) is 13.1. The molecule has 0 unspecified atom stereocenters. The van der Waals surface area contributed by atoms with Gasteiger partial charge in [0.15, 0.2) is 0 Å². The number of aromatic nitrogens is 2. The number of nitrogens with zero attached hydrogens (tertiary/aromatic N) is 3. The minimum atomic E-state index is -0.490. The van der Waals surface area contributed by atoms with Crippen LogP contribution < -0.4 is 9.47 Å². The molecule has 0 bridgehead atoms. The van der Waals surface area contributed by atoms with Gasteiger partial charge in [-0.15, -0.1) is 0 Å². The fourth-order valence-corrected chi connectivity index (χ4v) is 2.70. The molecule has 2 aromatic rings. The molecule has 9 heteroatoms. The van der Waals surface area contributed by atoms with E-state index in [1.54, 1.807) is 6.07 Å². The first-order valence-electron chi connectivity index (χ1n) is 7.61. The van der Waals surface area contributed by atoms with Crippen molar-refractivity contribution in [3.8, 4) is 17.5 Å². The minimum Gasteiger partial charge on any atom is -0.436 e. The van der Waals surface area contributed by atoms with Crippen molar-refractivity contribution >= 4 is 29.3 Å². The molecule has 1 aliphatic rings. The molecule has 1 aliphatic heterocycles. The second-order valence-electron chi connectivity index (χ2n) is 5.46. The first-order valence-corrected chi connectivity index (χ1v) is 8.36. The summed E-state index contributed by atoms with van der Waals surface area (Å²) in [6, 6.07) is 4.61. The third kappa shape index (κ3) is 4.72. The second-order valence-corrected chi connectivity index (χ2v) is 6.30. The molecule has 3 heterocycles. The number of ether oxygens (including phenoxy) is 2. The Balaban J connectivity index is 1.59. The number of carbonyl (C=O) groups is 1. The van der Waals surface area contributed by atoms with E-state index in [1.165, 1.54) is 29.4 Å². The predicted molar refractivity (Wildman–Crippen MR) is 91.4 cm³/mol. The number of halogens is 2. The highest BCUT2D eigenvalue weighted by Gasteiger charge is 2.23. The van der Waals surface area contributed by atoms with Crippen molar-refractivity contribution < 1.29 is 19.4 Å². The fourth-order valence-electron chi connectivity index (χ4n) is 2.28. The van der Waals surface area contributed by atoms with Crippen LogP contribution in [0.4, 0.5) is 4.79 Å². The molecule has 1 fully saturated rings. The molecular formula is C16H15Cl2N3O4. The van der Waals surface area contributed by atoms with Crippen molar-refractivity contribution in [3.63, 3.8) is 0 Å². The van der Waals surface area contributed by atoms with Gasteiger partial charge in [0.05, 0.1) is 17.3 Å². The van der Waals surface area contributed by atoms with Gasteiger partial charge in [-0.25, -0.2) is 14.8 Å². The number of aliphatic hydroxyl groups excluding tert-OH is 1. The maximum Gasteiger partial charge on any atom is 0.416 e. The van der Waals surface area contributed by atoms with Crippen molar-refractivity contribution in [1.82, 2.24) is 14.9 Å². The quantitative estimate of drug-likeness (QED) is 0.872. The molecule has 0 spiro atoms. The highest BCUT2D eigenvalue weighted by atomic mass is 35.5. The van der Waals surface area contributed by atoms with Gasteiger partial charge in [0.25, 0.3) is 0 Å². The van der Waals surface area contributed by atoms with Crippen LogP contribution >= 0.6 is 23.2 Å². The number of pyridine rings is 2. The average Bonchev–Trinajstić information content (AvgIpc) is 2.59. The van der Waals surface area contributed by atoms with Gasteiger partial charge in [0.2, 0.25) is 11.8 Å². The summed E-state index contributed by atoms with van der Waals surface area (Å²) in [6.45, 7) is 0.920. The monoisotopic (exact) mass is 383 g/mol. The zero-order valence-corrected chi connectivity index (χ0v) is 14.6. The Hall–Kier alpha value is -2.09. The molecule has 2 aromatic heterocycles. The lowest BCUT2D eigenvalue weighted by Gasteiger charge is -2.28. The van der Waals surface area contributed by atoms with E-state index in [1.807, 2.05) is 0 Å². The average molecular weight is 384 g/mol. The molecule has 3 rings (SSSR count). The Labute approximate surface area is 154 Å². The van der Waals surface area contributed by atoms with Crippen LogP contribution in [-0.4, -0.2) is 45.3 Å². The van der Waals surface area contributed by atoms with E-state index in [2.05, 4.69) is 9.97 Å². The van der Waals surface area contributed by atoms with E-state index in [4.69, 9.17) is 32.7 Å². The Morgan fingerprint density at radius 2 is 1.96 bits per heavy atom. The molecule has 1 amide bonds. The fraction of sp³-hybridized carbons (Fsp3) is 0.312. The van der Waals surface area contributed by atoms with E-state index in [0.29, 0.717) is 36.7 Å². The number of likely N-dealkylation sites (tertiary alicyclic amines) is 1. The Bertz CT molecular complexity index is 750. The molecule has 132 valence electrons. The van der Waals surface area contributed by atoms with Crippen molar-refractivity contribution in [2.24, 2.45) is 0 Å². The van der Waals surface area contributed by atoms with Gasteiger partial charge < -0.3 is 19.5 Å². The van der Waals surface area contributed by atoms with Crippen LogP contribution in [0.15, 0.2) is 30.6 Å². The normalized spacial score (nSPS) is 15.1. The number of aliphatic hydroxyl groups is 1. The van der Waals surface area contributed by atoms with Crippen molar-refractivity contribution in [1.29, 1.82) is 0 Å². The predicted octanol–water partition coefficient (Wildman–Crippen LogP) is 3.53. The van der Waals surface area contributed by atoms with Crippen molar-refractivity contribution in [2.45, 2.75) is 18.9 Å². The first kappa shape index (κ1) is 17.7. The van der Waals surface area contributed by atoms with Gasteiger partial charge in [-0.1, -0.05) is 23.2 Å². The van der Waals surface area contributed by atoms with Crippen LogP contribution in [0.1, 0.15) is 12.8 Å². The van der Waals surface area contributed by atoms with Crippen LogP contribution in [0.5, 0.6) is 17.5 Å². The zero-order chi connectivity index (χ0) is 17.8. The maximum absolute atomic E-state index is 12.0. The molecule has 1 N–H and O–H groups in total. The summed E-state index contributed by atoms with van der Waals surface area (Å²) in [6.07, 6.45) is 3.06. The van der Waals surface area contributed by atoms with Gasteiger partial charge in [-0.3, -0.25) is 0 Å². The van der Waals surface area contributed by atoms with Crippen LogP contribution in [0.2, 0.25) is 10.0 Å². The number of hydrogen-bond donors (Lipinski definition) is 1. The van der Waals surface area contributed by atoms with Gasteiger partial charge in [-0.05, 0) is 25.0 Å². The molecular weight excluding hydrogens is 369 g/mol. The van der Waals surface area contributed by atoms with Crippen molar-refractivity contribution in [3.05, 3.63) is 40.6 Å².